The van der Waals surface area contributed by atoms with Crippen LogP contribution in [0, 0.1) is 13.8 Å². The highest BCUT2D eigenvalue weighted by Crippen LogP contribution is 2.22. The fraction of sp³-hybridized carbons (Fsp3) is 0.294. The summed E-state index contributed by atoms with van der Waals surface area (Å²) in [7, 11) is 0. The molecule has 1 amide bonds. The fourth-order valence-electron chi connectivity index (χ4n) is 2.50. The van der Waals surface area contributed by atoms with Gasteiger partial charge in [-0.05, 0) is 51.5 Å². The van der Waals surface area contributed by atoms with E-state index < -0.39 is 0 Å². The number of aryl methyl sites for hydroxylation is 2. The van der Waals surface area contributed by atoms with Crippen molar-refractivity contribution in [3.63, 3.8) is 0 Å². The van der Waals surface area contributed by atoms with Gasteiger partial charge in [-0.1, -0.05) is 0 Å². The van der Waals surface area contributed by atoms with Crippen LogP contribution in [0.25, 0.3) is 11.0 Å². The van der Waals surface area contributed by atoms with Crippen LogP contribution in [0.4, 0.5) is 5.82 Å². The van der Waals surface area contributed by atoms with Crippen molar-refractivity contribution >= 4 is 22.8 Å². The highest BCUT2D eigenvalue weighted by atomic mass is 16.1. The van der Waals surface area contributed by atoms with E-state index in [0.717, 1.165) is 22.3 Å². The van der Waals surface area contributed by atoms with Gasteiger partial charge >= 0.3 is 0 Å². The molecule has 6 nitrogen and oxygen atoms in total. The van der Waals surface area contributed by atoms with Crippen molar-refractivity contribution in [1.29, 1.82) is 0 Å². The molecule has 0 aliphatic heterocycles. The molecule has 0 aliphatic rings. The number of nitrogens with zero attached hydrogens (tertiary/aromatic N) is 4. The van der Waals surface area contributed by atoms with Crippen molar-refractivity contribution < 1.29 is 4.79 Å². The van der Waals surface area contributed by atoms with Gasteiger partial charge in [0.15, 0.2) is 5.65 Å². The normalized spacial score (nSPS) is 11.2. The van der Waals surface area contributed by atoms with E-state index in [1.54, 1.807) is 18.5 Å². The number of carbonyl (C=O) groups is 1. The van der Waals surface area contributed by atoms with Crippen molar-refractivity contribution in [1.82, 2.24) is 19.7 Å². The van der Waals surface area contributed by atoms with Crippen molar-refractivity contribution in [2.75, 3.05) is 5.32 Å². The smallest absolute Gasteiger partial charge is 0.257 e. The number of aromatic nitrogens is 4. The maximum atomic E-state index is 12.7. The van der Waals surface area contributed by atoms with Gasteiger partial charge in [-0.3, -0.25) is 4.79 Å². The summed E-state index contributed by atoms with van der Waals surface area (Å²) in [5.41, 5.74) is 3.10. The average molecular weight is 309 g/mol. The first-order valence-electron chi connectivity index (χ1n) is 7.54. The summed E-state index contributed by atoms with van der Waals surface area (Å²) in [5.74, 6) is 0.329. The highest BCUT2D eigenvalue weighted by molar-refractivity contribution is 6.11. The molecule has 0 bridgehead atoms. The molecule has 0 atom stereocenters. The van der Waals surface area contributed by atoms with E-state index in [9.17, 15) is 4.79 Å². The molecular weight excluding hydrogens is 290 g/mol. The molecule has 3 rings (SSSR count). The van der Waals surface area contributed by atoms with Crippen molar-refractivity contribution in [2.45, 2.75) is 33.7 Å². The molecule has 6 heteroatoms. The summed E-state index contributed by atoms with van der Waals surface area (Å²) < 4.78 is 1.82. The van der Waals surface area contributed by atoms with Crippen LogP contribution in [0.3, 0.4) is 0 Å². The Morgan fingerprint density at radius 1 is 1.26 bits per heavy atom. The molecule has 3 aromatic heterocycles. The third-order valence-electron chi connectivity index (χ3n) is 3.59. The first-order chi connectivity index (χ1) is 11.0. The topological polar surface area (TPSA) is 72.7 Å². The van der Waals surface area contributed by atoms with Crippen LogP contribution in [0.2, 0.25) is 0 Å². The van der Waals surface area contributed by atoms with Crippen LogP contribution in [-0.4, -0.2) is 25.7 Å². The van der Waals surface area contributed by atoms with Crippen molar-refractivity contribution in [3.8, 4) is 0 Å². The van der Waals surface area contributed by atoms with Gasteiger partial charge in [-0.2, -0.15) is 5.10 Å². The van der Waals surface area contributed by atoms with Gasteiger partial charge in [-0.15, -0.1) is 0 Å². The Kier molecular flexibility index (Phi) is 3.82. The predicted octanol–water partition coefficient (Wildman–Crippen LogP) is 3.28. The Hall–Kier alpha value is -2.76. The molecule has 0 radical (unpaired) electrons. The third kappa shape index (κ3) is 2.92. The van der Waals surface area contributed by atoms with Crippen LogP contribution in [0.1, 0.15) is 41.5 Å². The largest absolute Gasteiger partial charge is 0.307 e. The molecule has 0 saturated carbocycles. The quantitative estimate of drug-likeness (QED) is 0.806. The number of fused-ring (bicyclic) bond motifs is 1. The molecule has 3 aromatic rings. The summed E-state index contributed by atoms with van der Waals surface area (Å²) >= 11 is 0. The molecule has 0 fully saturated rings. The summed E-state index contributed by atoms with van der Waals surface area (Å²) in [4.78, 5) is 21.4. The minimum atomic E-state index is -0.207. The summed E-state index contributed by atoms with van der Waals surface area (Å²) in [5, 5.41) is 7.95. The van der Waals surface area contributed by atoms with Crippen LogP contribution in [-0.2, 0) is 0 Å². The van der Waals surface area contributed by atoms with E-state index in [4.69, 9.17) is 0 Å². The first kappa shape index (κ1) is 15.1. The lowest BCUT2D eigenvalue weighted by molar-refractivity contribution is 0.102. The number of pyridine rings is 2. The second kappa shape index (κ2) is 5.79. The Balaban J connectivity index is 2.03. The van der Waals surface area contributed by atoms with Crippen LogP contribution in [0.15, 0.2) is 30.6 Å². The van der Waals surface area contributed by atoms with Gasteiger partial charge in [0, 0.05) is 17.9 Å². The predicted molar refractivity (Wildman–Crippen MR) is 89.6 cm³/mol. The molecule has 0 aromatic carbocycles. The maximum absolute atomic E-state index is 12.7. The molecule has 3 heterocycles. The fourth-order valence-corrected chi connectivity index (χ4v) is 2.50. The molecule has 23 heavy (non-hydrogen) atoms. The molecule has 0 saturated heterocycles. The molecule has 0 spiro atoms. The number of carbonyl (C=O) groups excluding carboxylic acids is 1. The number of hydrogen-bond acceptors (Lipinski definition) is 4. The van der Waals surface area contributed by atoms with Gasteiger partial charge < -0.3 is 5.32 Å². The second-order valence-electron chi connectivity index (χ2n) is 5.90. The minimum absolute atomic E-state index is 0.177. The standard InChI is InChI=1S/C17H19N5O/c1-10(2)22-16-14(9-19-22)13(8-12(4)20-16)17(23)21-15-7-11(3)5-6-18-15/h5-10H,1-4H3,(H,18,21,23). The van der Waals surface area contributed by atoms with Gasteiger partial charge in [0.25, 0.3) is 5.91 Å². The summed E-state index contributed by atoms with van der Waals surface area (Å²) in [6, 6.07) is 5.67. The molecule has 118 valence electrons. The van der Waals surface area contributed by atoms with Gasteiger partial charge in [-0.25, -0.2) is 14.6 Å². The molecule has 0 aliphatic carbocycles. The molecule has 0 unspecified atom stereocenters. The zero-order valence-corrected chi connectivity index (χ0v) is 13.7. The van der Waals surface area contributed by atoms with Gasteiger partial charge in [0.1, 0.15) is 5.82 Å². The Morgan fingerprint density at radius 2 is 2.04 bits per heavy atom. The molecular formula is C17H19N5O. The summed E-state index contributed by atoms with van der Waals surface area (Å²) in [6.45, 7) is 7.90. The summed E-state index contributed by atoms with van der Waals surface area (Å²) in [6.07, 6.45) is 3.37. The zero-order chi connectivity index (χ0) is 16.6. The zero-order valence-electron chi connectivity index (χ0n) is 13.7. The number of hydrogen-bond donors (Lipinski definition) is 1. The number of amides is 1. The Labute approximate surface area is 134 Å². The van der Waals surface area contributed by atoms with Gasteiger partial charge in [0.05, 0.1) is 17.1 Å². The third-order valence-corrected chi connectivity index (χ3v) is 3.59. The monoisotopic (exact) mass is 309 g/mol. The van der Waals surface area contributed by atoms with Crippen molar-refractivity contribution in [3.05, 3.63) is 47.4 Å². The number of anilines is 1. The SMILES string of the molecule is Cc1ccnc(NC(=O)c2cc(C)nc3c2cnn3C(C)C)c1. The highest BCUT2D eigenvalue weighted by Gasteiger charge is 2.17. The Bertz CT molecular complexity index is 882. The first-order valence-corrected chi connectivity index (χ1v) is 7.54. The average Bonchev–Trinajstić information content (AvgIpc) is 2.90. The van der Waals surface area contributed by atoms with E-state index in [2.05, 4.69) is 20.4 Å². The lowest BCUT2D eigenvalue weighted by Gasteiger charge is -2.09. The van der Waals surface area contributed by atoms with E-state index in [-0.39, 0.29) is 11.9 Å². The van der Waals surface area contributed by atoms with Crippen LogP contribution in [0.5, 0.6) is 0 Å². The van der Waals surface area contributed by atoms with E-state index >= 15 is 0 Å². The Morgan fingerprint density at radius 3 is 2.74 bits per heavy atom. The minimum Gasteiger partial charge on any atom is -0.307 e. The van der Waals surface area contributed by atoms with E-state index in [0.29, 0.717) is 11.4 Å². The number of nitrogens with one attached hydrogen (secondary N) is 1. The second-order valence-corrected chi connectivity index (χ2v) is 5.90. The lowest BCUT2D eigenvalue weighted by Crippen LogP contribution is -2.14. The maximum Gasteiger partial charge on any atom is 0.257 e. The number of rotatable bonds is 3. The van der Waals surface area contributed by atoms with Gasteiger partial charge in [0.2, 0.25) is 0 Å². The van der Waals surface area contributed by atoms with E-state index in [1.165, 1.54) is 0 Å². The van der Waals surface area contributed by atoms with Crippen LogP contribution < -0.4 is 5.32 Å². The lowest BCUT2D eigenvalue weighted by atomic mass is 10.1. The van der Waals surface area contributed by atoms with E-state index in [1.807, 2.05) is 44.5 Å². The molecule has 1 N–H and O–H groups in total. The van der Waals surface area contributed by atoms with Crippen LogP contribution >= 0.6 is 0 Å². The van der Waals surface area contributed by atoms with Crippen molar-refractivity contribution in [2.24, 2.45) is 0 Å².